The van der Waals surface area contributed by atoms with Crippen LogP contribution in [0.5, 0.6) is 17.5 Å². The molecule has 0 radical (unpaired) electrons. The molecule has 1 aliphatic heterocycles. The number of hydrogen-bond donors (Lipinski definition) is 2. The first-order valence-corrected chi connectivity index (χ1v) is 10.1. The number of halogens is 1. The van der Waals surface area contributed by atoms with Gasteiger partial charge in [0.2, 0.25) is 0 Å². The molecule has 0 atom stereocenters. The third kappa shape index (κ3) is 5.10. The molecule has 1 aromatic heterocycles. The molecule has 0 bridgehead atoms. The summed E-state index contributed by atoms with van der Waals surface area (Å²) in [6.45, 7) is 7.75. The van der Waals surface area contributed by atoms with Crippen molar-refractivity contribution in [2.75, 3.05) is 44.2 Å². The highest BCUT2D eigenvalue weighted by atomic mass is 19.1. The molecule has 3 rings (SSSR count). The van der Waals surface area contributed by atoms with Crippen molar-refractivity contribution >= 4 is 5.69 Å². The molecule has 7 heteroatoms. The monoisotopic (exact) mass is 391 g/mol. The lowest BCUT2D eigenvalue weighted by Crippen LogP contribution is -2.46. The number of ether oxygens (including phenoxy) is 1. The highest BCUT2D eigenvalue weighted by Gasteiger charge is 2.20. The zero-order valence-electron chi connectivity index (χ0n) is 16.5. The van der Waals surface area contributed by atoms with Crippen LogP contribution >= 0.6 is 0 Å². The molecule has 1 aliphatic rings. The number of aromatic nitrogens is 1. The minimum atomic E-state index is -0.236. The van der Waals surface area contributed by atoms with Gasteiger partial charge in [-0.3, -0.25) is 9.47 Å². The van der Waals surface area contributed by atoms with E-state index in [1.165, 1.54) is 22.8 Å². The maximum Gasteiger partial charge on any atom is 0.193 e. The van der Waals surface area contributed by atoms with Gasteiger partial charge in [0.15, 0.2) is 11.8 Å². The van der Waals surface area contributed by atoms with Crippen LogP contribution in [0, 0.1) is 5.82 Å². The first-order valence-electron chi connectivity index (χ1n) is 10.1. The molecular formula is C21H30FN3O3. The van der Waals surface area contributed by atoms with Crippen LogP contribution in [0.3, 0.4) is 0 Å². The largest absolute Gasteiger partial charge is 0.494 e. The fourth-order valence-electron chi connectivity index (χ4n) is 3.69. The molecular weight excluding hydrogens is 361 g/mol. The lowest BCUT2D eigenvalue weighted by atomic mass is 10.2. The van der Waals surface area contributed by atoms with Crippen LogP contribution in [0.2, 0.25) is 0 Å². The predicted molar refractivity (Wildman–Crippen MR) is 108 cm³/mol. The van der Waals surface area contributed by atoms with E-state index < -0.39 is 0 Å². The van der Waals surface area contributed by atoms with Crippen LogP contribution in [0.4, 0.5) is 10.1 Å². The predicted octanol–water partition coefficient (Wildman–Crippen LogP) is 3.43. The molecule has 1 saturated heterocycles. The minimum Gasteiger partial charge on any atom is -0.494 e. The fourth-order valence-corrected chi connectivity index (χ4v) is 3.69. The van der Waals surface area contributed by atoms with Gasteiger partial charge >= 0.3 is 0 Å². The molecule has 2 N–H and O–H groups in total. The Kier molecular flexibility index (Phi) is 7.03. The lowest BCUT2D eigenvalue weighted by molar-refractivity contribution is 0.249. The van der Waals surface area contributed by atoms with E-state index in [1.54, 1.807) is 12.1 Å². The van der Waals surface area contributed by atoms with Crippen LogP contribution in [0.15, 0.2) is 30.3 Å². The van der Waals surface area contributed by atoms with Crippen molar-refractivity contribution < 1.29 is 19.3 Å². The Morgan fingerprint density at radius 1 is 0.929 bits per heavy atom. The molecule has 1 aromatic carbocycles. The molecule has 0 spiro atoms. The zero-order valence-corrected chi connectivity index (χ0v) is 16.5. The summed E-state index contributed by atoms with van der Waals surface area (Å²) in [5.74, 6) is 0.726. The van der Waals surface area contributed by atoms with Gasteiger partial charge in [-0.2, -0.15) is 0 Å². The molecule has 28 heavy (non-hydrogen) atoms. The quantitative estimate of drug-likeness (QED) is 0.642. The first kappa shape index (κ1) is 20.3. The average Bonchev–Trinajstić information content (AvgIpc) is 3.02. The molecule has 154 valence electrons. The summed E-state index contributed by atoms with van der Waals surface area (Å²) < 4.78 is 20.9. The summed E-state index contributed by atoms with van der Waals surface area (Å²) >= 11 is 0. The van der Waals surface area contributed by atoms with Crippen molar-refractivity contribution in [2.24, 2.45) is 0 Å². The number of piperazine rings is 1. The number of nitrogens with zero attached hydrogens (tertiary/aromatic N) is 3. The summed E-state index contributed by atoms with van der Waals surface area (Å²) in [6, 6.07) is 7.72. The van der Waals surface area contributed by atoms with Gasteiger partial charge in [-0.05, 0) is 38.4 Å². The molecule has 0 aliphatic carbocycles. The van der Waals surface area contributed by atoms with E-state index in [0.29, 0.717) is 13.2 Å². The SMILES string of the molecule is CCOc1ccc(F)cc1N1CCN(CCCCCn2c(O)ccc2O)CC1. The third-order valence-electron chi connectivity index (χ3n) is 5.22. The van der Waals surface area contributed by atoms with E-state index in [-0.39, 0.29) is 17.6 Å². The summed E-state index contributed by atoms with van der Waals surface area (Å²) in [6.07, 6.45) is 3.03. The van der Waals surface area contributed by atoms with Crippen molar-refractivity contribution in [1.82, 2.24) is 9.47 Å². The van der Waals surface area contributed by atoms with Crippen LogP contribution in [0.1, 0.15) is 26.2 Å². The van der Waals surface area contributed by atoms with Gasteiger partial charge in [0.1, 0.15) is 11.6 Å². The summed E-state index contributed by atoms with van der Waals surface area (Å²) in [7, 11) is 0. The molecule has 0 unspecified atom stereocenters. The number of anilines is 1. The van der Waals surface area contributed by atoms with Gasteiger partial charge in [-0.1, -0.05) is 6.42 Å². The number of hydrogen-bond acceptors (Lipinski definition) is 5. The topological polar surface area (TPSA) is 61.1 Å². The molecule has 0 saturated carbocycles. The van der Waals surface area contributed by atoms with Crippen LogP contribution < -0.4 is 9.64 Å². The van der Waals surface area contributed by atoms with Gasteiger partial charge in [-0.15, -0.1) is 0 Å². The maximum atomic E-state index is 13.7. The molecule has 0 amide bonds. The van der Waals surface area contributed by atoms with Gasteiger partial charge in [0.25, 0.3) is 0 Å². The summed E-state index contributed by atoms with van der Waals surface area (Å²) in [4.78, 5) is 4.63. The van der Waals surface area contributed by atoms with E-state index in [2.05, 4.69) is 9.80 Å². The number of rotatable bonds is 9. The minimum absolute atomic E-state index is 0.109. The number of benzene rings is 1. The van der Waals surface area contributed by atoms with Crippen LogP contribution in [-0.4, -0.2) is 59.0 Å². The molecule has 2 heterocycles. The van der Waals surface area contributed by atoms with Crippen LogP contribution in [0.25, 0.3) is 0 Å². The van der Waals surface area contributed by atoms with E-state index in [4.69, 9.17) is 4.74 Å². The van der Waals surface area contributed by atoms with Gasteiger partial charge < -0.3 is 19.8 Å². The van der Waals surface area contributed by atoms with Crippen LogP contribution in [-0.2, 0) is 6.54 Å². The van der Waals surface area contributed by atoms with Crippen molar-refractivity contribution in [2.45, 2.75) is 32.7 Å². The van der Waals surface area contributed by atoms with Gasteiger partial charge in [-0.25, -0.2) is 4.39 Å². The highest BCUT2D eigenvalue weighted by molar-refractivity contribution is 5.59. The second kappa shape index (κ2) is 9.68. The third-order valence-corrected chi connectivity index (χ3v) is 5.22. The number of unbranched alkanes of at least 4 members (excludes halogenated alkanes) is 2. The Morgan fingerprint density at radius 2 is 1.61 bits per heavy atom. The normalized spacial score (nSPS) is 15.1. The Labute approximate surface area is 165 Å². The van der Waals surface area contributed by atoms with Crippen molar-refractivity contribution in [3.8, 4) is 17.5 Å². The van der Waals surface area contributed by atoms with Crippen molar-refractivity contribution in [3.63, 3.8) is 0 Å². The van der Waals surface area contributed by atoms with Crippen molar-refractivity contribution in [3.05, 3.63) is 36.1 Å². The average molecular weight is 391 g/mol. The molecule has 2 aromatic rings. The summed E-state index contributed by atoms with van der Waals surface area (Å²) in [5.41, 5.74) is 0.841. The standard InChI is InChI=1S/C21H30FN3O3/c1-2-28-19-7-6-17(22)16-18(19)24-14-12-23(13-15-24)10-4-3-5-11-25-20(26)8-9-21(25)27/h6-9,16,26-27H,2-5,10-15H2,1H3. The Morgan fingerprint density at radius 3 is 2.29 bits per heavy atom. The highest BCUT2D eigenvalue weighted by Crippen LogP contribution is 2.30. The van der Waals surface area contributed by atoms with E-state index in [0.717, 1.165) is 63.4 Å². The Balaban J connectivity index is 1.39. The van der Waals surface area contributed by atoms with E-state index in [9.17, 15) is 14.6 Å². The fraction of sp³-hybridized carbons (Fsp3) is 0.524. The van der Waals surface area contributed by atoms with Crippen molar-refractivity contribution in [1.29, 1.82) is 0 Å². The Hall–Kier alpha value is -2.41. The molecule has 1 fully saturated rings. The second-order valence-electron chi connectivity index (χ2n) is 7.14. The maximum absolute atomic E-state index is 13.7. The van der Waals surface area contributed by atoms with Gasteiger partial charge in [0, 0.05) is 50.9 Å². The molecule has 6 nitrogen and oxygen atoms in total. The lowest BCUT2D eigenvalue weighted by Gasteiger charge is -2.36. The first-order chi connectivity index (χ1) is 13.6. The second-order valence-corrected chi connectivity index (χ2v) is 7.14. The smallest absolute Gasteiger partial charge is 0.193 e. The zero-order chi connectivity index (χ0) is 19.9. The number of aromatic hydroxyl groups is 2. The summed E-state index contributed by atoms with van der Waals surface area (Å²) in [5, 5.41) is 19.3. The van der Waals surface area contributed by atoms with E-state index >= 15 is 0 Å². The van der Waals surface area contributed by atoms with E-state index in [1.807, 2.05) is 6.92 Å². The Bertz CT molecular complexity index is 738. The van der Waals surface area contributed by atoms with Gasteiger partial charge in [0.05, 0.1) is 12.3 Å².